The summed E-state index contributed by atoms with van der Waals surface area (Å²) in [5.41, 5.74) is 1.80. The highest BCUT2D eigenvalue weighted by atomic mass is 16.7. The molecule has 30 heavy (non-hydrogen) atoms. The molecule has 1 aliphatic rings. The molecule has 1 aromatic heterocycles. The molecule has 0 radical (unpaired) electrons. The number of aliphatic hydroxyl groups is 5. The lowest BCUT2D eigenvalue weighted by Gasteiger charge is -2.45. The molecule has 0 aliphatic carbocycles. The first kappa shape index (κ1) is 20.8. The van der Waals surface area contributed by atoms with Crippen molar-refractivity contribution in [2.75, 3.05) is 13.2 Å². The van der Waals surface area contributed by atoms with E-state index in [1.165, 1.54) is 0 Å². The van der Waals surface area contributed by atoms with E-state index in [4.69, 9.17) is 9.47 Å². The van der Waals surface area contributed by atoms with Crippen LogP contribution in [0.5, 0.6) is 5.75 Å². The number of benzene rings is 2. The predicted octanol–water partition coefficient (Wildman–Crippen LogP) is 0.648. The van der Waals surface area contributed by atoms with E-state index in [0.29, 0.717) is 6.61 Å². The summed E-state index contributed by atoms with van der Waals surface area (Å²) in [6, 6.07) is 14.4. The second-order valence-corrected chi connectivity index (χ2v) is 7.35. The molecule has 2 aromatic carbocycles. The van der Waals surface area contributed by atoms with Gasteiger partial charge in [0.25, 0.3) is 0 Å². The van der Waals surface area contributed by atoms with Crippen molar-refractivity contribution < 1.29 is 35.0 Å². The Morgan fingerprint density at radius 2 is 1.77 bits per heavy atom. The van der Waals surface area contributed by atoms with Crippen molar-refractivity contribution in [1.82, 2.24) is 4.57 Å². The monoisotopic (exact) mass is 415 g/mol. The van der Waals surface area contributed by atoms with E-state index in [1.807, 2.05) is 48.0 Å². The Morgan fingerprint density at radius 1 is 1.03 bits per heavy atom. The quantitative estimate of drug-likeness (QED) is 0.414. The van der Waals surface area contributed by atoms with Crippen molar-refractivity contribution in [3.05, 3.63) is 60.3 Å². The molecule has 8 heteroatoms. The van der Waals surface area contributed by atoms with Crippen molar-refractivity contribution in [2.24, 2.45) is 0 Å². The Hall–Kier alpha value is -2.46. The first-order valence-corrected chi connectivity index (χ1v) is 9.79. The molecule has 160 valence electrons. The third kappa shape index (κ3) is 3.37. The summed E-state index contributed by atoms with van der Waals surface area (Å²) < 4.78 is 12.8. The van der Waals surface area contributed by atoms with Gasteiger partial charge in [0.2, 0.25) is 5.79 Å². The standard InChI is InChI=1S/C22H25NO7/c1-2-29-16-7-5-15(6-8-16)23-10-9-13-3-4-14(11-17(13)23)22(28)21(27)20(26)19(25)18(12-24)30-22/h3-11,18-21,24-28H,2,12H2,1H3/t18-,19-,20+,21-,22-/m1/s1. The number of aliphatic hydroxyl groups excluding tert-OH is 4. The van der Waals surface area contributed by atoms with Crippen molar-refractivity contribution in [3.8, 4) is 11.4 Å². The number of hydrogen-bond donors (Lipinski definition) is 5. The van der Waals surface area contributed by atoms with Gasteiger partial charge in [0.1, 0.15) is 30.2 Å². The minimum Gasteiger partial charge on any atom is -0.494 e. The van der Waals surface area contributed by atoms with Crippen molar-refractivity contribution in [1.29, 1.82) is 0 Å². The van der Waals surface area contributed by atoms with E-state index in [9.17, 15) is 25.5 Å². The molecule has 4 rings (SSSR count). The SMILES string of the molecule is CCOc1ccc(-n2ccc3ccc([C@@]4(O)O[C@H](CO)[C@@H](O)[C@H](O)[C@H]4O)cc32)cc1. The molecule has 0 bridgehead atoms. The van der Waals surface area contributed by atoms with Gasteiger partial charge in [-0.3, -0.25) is 0 Å². The van der Waals surface area contributed by atoms with Crippen LogP contribution >= 0.6 is 0 Å². The highest BCUT2D eigenvalue weighted by Crippen LogP contribution is 2.37. The smallest absolute Gasteiger partial charge is 0.222 e. The van der Waals surface area contributed by atoms with Gasteiger partial charge in [0, 0.05) is 17.4 Å². The van der Waals surface area contributed by atoms with E-state index in [0.717, 1.165) is 22.3 Å². The molecule has 0 spiro atoms. The number of ether oxygens (including phenoxy) is 2. The molecular formula is C22H25NO7. The van der Waals surface area contributed by atoms with Crippen LogP contribution in [0.1, 0.15) is 12.5 Å². The average molecular weight is 415 g/mol. The van der Waals surface area contributed by atoms with Crippen LogP contribution in [0.25, 0.3) is 16.6 Å². The first-order valence-electron chi connectivity index (χ1n) is 9.79. The van der Waals surface area contributed by atoms with Gasteiger partial charge < -0.3 is 39.6 Å². The van der Waals surface area contributed by atoms with Crippen LogP contribution in [0.15, 0.2) is 54.7 Å². The molecule has 3 aromatic rings. The largest absolute Gasteiger partial charge is 0.494 e. The summed E-state index contributed by atoms with van der Waals surface area (Å²) in [7, 11) is 0. The summed E-state index contributed by atoms with van der Waals surface area (Å²) in [6.45, 7) is 1.86. The van der Waals surface area contributed by atoms with Crippen LogP contribution in [0, 0.1) is 0 Å². The summed E-state index contributed by atoms with van der Waals surface area (Å²) in [5, 5.41) is 51.9. The average Bonchev–Trinajstić information content (AvgIpc) is 3.19. The third-order valence-corrected chi connectivity index (χ3v) is 5.50. The maximum atomic E-state index is 11.1. The predicted molar refractivity (Wildman–Crippen MR) is 108 cm³/mol. The minimum atomic E-state index is -2.30. The Bertz CT molecular complexity index is 1020. The van der Waals surface area contributed by atoms with Crippen LogP contribution in [0.4, 0.5) is 0 Å². The van der Waals surface area contributed by atoms with Crippen LogP contribution in [-0.4, -0.2) is 67.7 Å². The fourth-order valence-electron chi connectivity index (χ4n) is 3.84. The van der Waals surface area contributed by atoms with Crippen LogP contribution < -0.4 is 4.74 Å². The molecule has 5 N–H and O–H groups in total. The van der Waals surface area contributed by atoms with E-state index < -0.39 is 36.8 Å². The first-order chi connectivity index (χ1) is 14.4. The van der Waals surface area contributed by atoms with Gasteiger partial charge in [-0.15, -0.1) is 0 Å². The number of nitrogens with zero attached hydrogens (tertiary/aromatic N) is 1. The Kier molecular flexibility index (Phi) is 5.54. The van der Waals surface area contributed by atoms with E-state index in [2.05, 4.69) is 0 Å². The fourth-order valence-corrected chi connectivity index (χ4v) is 3.84. The molecule has 2 heterocycles. The lowest BCUT2D eigenvalue weighted by molar-refractivity contribution is -0.357. The molecule has 8 nitrogen and oxygen atoms in total. The van der Waals surface area contributed by atoms with Gasteiger partial charge in [-0.2, -0.15) is 0 Å². The molecule has 0 unspecified atom stereocenters. The maximum absolute atomic E-state index is 11.1. The van der Waals surface area contributed by atoms with E-state index in [1.54, 1.807) is 18.2 Å². The van der Waals surface area contributed by atoms with Gasteiger partial charge in [0.05, 0.1) is 18.7 Å². The van der Waals surface area contributed by atoms with E-state index >= 15 is 0 Å². The maximum Gasteiger partial charge on any atom is 0.222 e. The summed E-state index contributed by atoms with van der Waals surface area (Å²) in [5.74, 6) is -1.54. The van der Waals surface area contributed by atoms with Gasteiger partial charge in [-0.1, -0.05) is 12.1 Å². The van der Waals surface area contributed by atoms with E-state index in [-0.39, 0.29) is 5.56 Å². The second kappa shape index (κ2) is 7.99. The zero-order valence-electron chi connectivity index (χ0n) is 16.4. The van der Waals surface area contributed by atoms with Gasteiger partial charge in [-0.05, 0) is 48.7 Å². The highest BCUT2D eigenvalue weighted by Gasteiger charge is 2.53. The van der Waals surface area contributed by atoms with Crippen molar-refractivity contribution in [3.63, 3.8) is 0 Å². The zero-order chi connectivity index (χ0) is 21.5. The van der Waals surface area contributed by atoms with Crippen LogP contribution in [-0.2, 0) is 10.5 Å². The summed E-state index contributed by atoms with van der Waals surface area (Å²) in [4.78, 5) is 0. The normalized spacial score (nSPS) is 29.3. The number of rotatable bonds is 5. The Labute approximate surface area is 173 Å². The lowest BCUT2D eigenvalue weighted by atomic mass is 9.88. The number of fused-ring (bicyclic) bond motifs is 1. The van der Waals surface area contributed by atoms with Crippen LogP contribution in [0.3, 0.4) is 0 Å². The van der Waals surface area contributed by atoms with Gasteiger partial charge in [-0.25, -0.2) is 0 Å². The number of hydrogen-bond acceptors (Lipinski definition) is 7. The molecule has 5 atom stereocenters. The lowest BCUT2D eigenvalue weighted by Crippen LogP contribution is -2.63. The minimum absolute atomic E-state index is 0.192. The van der Waals surface area contributed by atoms with Gasteiger partial charge >= 0.3 is 0 Å². The zero-order valence-corrected chi connectivity index (χ0v) is 16.4. The number of aromatic nitrogens is 1. The fraction of sp³-hybridized carbons (Fsp3) is 0.364. The van der Waals surface area contributed by atoms with Gasteiger partial charge in [0.15, 0.2) is 0 Å². The van der Waals surface area contributed by atoms with Crippen LogP contribution in [0.2, 0.25) is 0 Å². The molecule has 1 fully saturated rings. The Balaban J connectivity index is 1.75. The topological polar surface area (TPSA) is 125 Å². The molecule has 0 amide bonds. The molecule has 1 saturated heterocycles. The molecule has 0 saturated carbocycles. The Morgan fingerprint density at radius 3 is 2.43 bits per heavy atom. The molecular weight excluding hydrogens is 390 g/mol. The second-order valence-electron chi connectivity index (χ2n) is 7.35. The van der Waals surface area contributed by atoms with Crippen molar-refractivity contribution >= 4 is 10.9 Å². The summed E-state index contributed by atoms with van der Waals surface area (Å²) in [6.07, 6.45) is -4.39. The van der Waals surface area contributed by atoms with Crippen molar-refractivity contribution in [2.45, 2.75) is 37.1 Å². The highest BCUT2D eigenvalue weighted by molar-refractivity contribution is 5.83. The molecule has 1 aliphatic heterocycles. The third-order valence-electron chi connectivity index (χ3n) is 5.50. The summed E-state index contributed by atoms with van der Waals surface area (Å²) >= 11 is 0.